The number of benzene rings is 2. The standard InChI is InChI=1S/C23H27N3O3/c1-15-10-12-23(13-11-15)21(28)26(22(29)25-23)14-20(27)24-16(2)18-9-5-7-17-6-3-4-8-19(17)18/h3-9,15-16H,10-14H2,1-2H3,(H,24,27)(H,25,29)/t15?,16-,23?/m1/s1. The van der Waals surface area contributed by atoms with E-state index in [-0.39, 0.29) is 24.4 Å². The highest BCUT2D eigenvalue weighted by Gasteiger charge is 2.52. The van der Waals surface area contributed by atoms with Crippen molar-refractivity contribution in [2.45, 2.75) is 51.1 Å². The summed E-state index contributed by atoms with van der Waals surface area (Å²) in [4.78, 5) is 39.1. The minimum Gasteiger partial charge on any atom is -0.348 e. The van der Waals surface area contributed by atoms with Crippen LogP contribution in [0.5, 0.6) is 0 Å². The lowest BCUT2D eigenvalue weighted by molar-refractivity contribution is -0.136. The first-order valence-corrected chi connectivity index (χ1v) is 10.3. The fraction of sp³-hybridized carbons (Fsp3) is 0.435. The molecule has 4 rings (SSSR count). The van der Waals surface area contributed by atoms with Crippen LogP contribution in [0.25, 0.3) is 10.8 Å². The zero-order valence-electron chi connectivity index (χ0n) is 16.9. The van der Waals surface area contributed by atoms with Crippen molar-refractivity contribution in [2.24, 2.45) is 5.92 Å². The molecular formula is C23H27N3O3. The van der Waals surface area contributed by atoms with E-state index in [0.717, 1.165) is 34.1 Å². The van der Waals surface area contributed by atoms with Crippen molar-refractivity contribution in [1.29, 1.82) is 0 Å². The topological polar surface area (TPSA) is 78.5 Å². The van der Waals surface area contributed by atoms with Crippen LogP contribution in [0.1, 0.15) is 51.1 Å². The van der Waals surface area contributed by atoms with E-state index in [1.54, 1.807) is 0 Å². The molecule has 2 aliphatic rings. The van der Waals surface area contributed by atoms with Gasteiger partial charge in [0.2, 0.25) is 5.91 Å². The van der Waals surface area contributed by atoms with Gasteiger partial charge in [-0.2, -0.15) is 0 Å². The van der Waals surface area contributed by atoms with Crippen molar-refractivity contribution in [2.75, 3.05) is 6.54 Å². The second-order valence-electron chi connectivity index (χ2n) is 8.44. The number of imide groups is 1. The lowest BCUT2D eigenvalue weighted by Gasteiger charge is -2.33. The number of amides is 4. The zero-order chi connectivity index (χ0) is 20.6. The Labute approximate surface area is 170 Å². The third-order valence-corrected chi connectivity index (χ3v) is 6.34. The number of carbonyl (C=O) groups excluding carboxylic acids is 3. The molecule has 1 aliphatic carbocycles. The fourth-order valence-corrected chi connectivity index (χ4v) is 4.55. The molecule has 1 saturated carbocycles. The van der Waals surface area contributed by atoms with E-state index in [4.69, 9.17) is 0 Å². The number of rotatable bonds is 4. The lowest BCUT2D eigenvalue weighted by Crippen LogP contribution is -2.50. The number of hydrogen-bond acceptors (Lipinski definition) is 3. The molecular weight excluding hydrogens is 366 g/mol. The van der Waals surface area contributed by atoms with Crippen LogP contribution < -0.4 is 10.6 Å². The Kier molecular flexibility index (Phi) is 5.03. The first kappa shape index (κ1) is 19.4. The van der Waals surface area contributed by atoms with Crippen LogP contribution in [0.15, 0.2) is 42.5 Å². The van der Waals surface area contributed by atoms with Crippen LogP contribution in [0.4, 0.5) is 4.79 Å². The number of fused-ring (bicyclic) bond motifs is 1. The highest BCUT2D eigenvalue weighted by atomic mass is 16.2. The Morgan fingerprint density at radius 2 is 1.86 bits per heavy atom. The van der Waals surface area contributed by atoms with Gasteiger partial charge in [-0.05, 0) is 54.9 Å². The summed E-state index contributed by atoms with van der Waals surface area (Å²) < 4.78 is 0. The molecule has 2 aromatic rings. The Bertz CT molecular complexity index is 957. The molecule has 1 atom stereocenters. The Morgan fingerprint density at radius 3 is 2.62 bits per heavy atom. The summed E-state index contributed by atoms with van der Waals surface area (Å²) in [6.45, 7) is 3.82. The van der Waals surface area contributed by atoms with Crippen molar-refractivity contribution >= 4 is 28.6 Å². The van der Waals surface area contributed by atoms with Crippen LogP contribution in [0.2, 0.25) is 0 Å². The van der Waals surface area contributed by atoms with E-state index >= 15 is 0 Å². The smallest absolute Gasteiger partial charge is 0.325 e. The lowest BCUT2D eigenvalue weighted by atomic mass is 9.77. The van der Waals surface area contributed by atoms with Gasteiger partial charge in [-0.25, -0.2) is 4.79 Å². The molecule has 6 nitrogen and oxygen atoms in total. The SMILES string of the molecule is CC1CCC2(CC1)NC(=O)N(CC(=O)N[C@H](C)c1cccc3ccccc13)C2=O. The minimum absolute atomic E-state index is 0.237. The molecule has 2 aromatic carbocycles. The van der Waals surface area contributed by atoms with Gasteiger partial charge in [0, 0.05) is 0 Å². The Balaban J connectivity index is 1.44. The zero-order valence-corrected chi connectivity index (χ0v) is 16.9. The molecule has 29 heavy (non-hydrogen) atoms. The van der Waals surface area contributed by atoms with Gasteiger partial charge in [-0.15, -0.1) is 0 Å². The largest absolute Gasteiger partial charge is 0.348 e. The van der Waals surface area contributed by atoms with Gasteiger partial charge < -0.3 is 10.6 Å². The maximum atomic E-state index is 12.9. The third-order valence-electron chi connectivity index (χ3n) is 6.34. The quantitative estimate of drug-likeness (QED) is 0.780. The monoisotopic (exact) mass is 393 g/mol. The van der Waals surface area contributed by atoms with Crippen molar-refractivity contribution in [3.8, 4) is 0 Å². The maximum absolute atomic E-state index is 12.9. The fourth-order valence-electron chi connectivity index (χ4n) is 4.55. The number of carbonyl (C=O) groups is 3. The summed E-state index contributed by atoms with van der Waals surface area (Å²) in [5, 5.41) is 7.99. The number of nitrogens with one attached hydrogen (secondary N) is 2. The molecule has 1 spiro atoms. The molecule has 152 valence electrons. The average Bonchev–Trinajstić information content (AvgIpc) is 2.94. The first-order valence-electron chi connectivity index (χ1n) is 10.3. The van der Waals surface area contributed by atoms with E-state index in [2.05, 4.69) is 17.6 Å². The number of hydrogen-bond donors (Lipinski definition) is 2. The van der Waals surface area contributed by atoms with Crippen molar-refractivity contribution < 1.29 is 14.4 Å². The van der Waals surface area contributed by atoms with Crippen LogP contribution in [0, 0.1) is 5.92 Å². The summed E-state index contributed by atoms with van der Waals surface area (Å²) in [5.74, 6) is -0.0400. The van der Waals surface area contributed by atoms with Crippen LogP contribution >= 0.6 is 0 Å². The maximum Gasteiger partial charge on any atom is 0.325 e. The second kappa shape index (κ2) is 7.50. The van der Waals surface area contributed by atoms with Gasteiger partial charge in [0.15, 0.2) is 0 Å². The summed E-state index contributed by atoms with van der Waals surface area (Å²) in [5.41, 5.74) is 0.192. The van der Waals surface area contributed by atoms with Gasteiger partial charge in [0.25, 0.3) is 5.91 Å². The summed E-state index contributed by atoms with van der Waals surface area (Å²) in [7, 11) is 0. The highest BCUT2D eigenvalue weighted by Crippen LogP contribution is 2.36. The van der Waals surface area contributed by atoms with Crippen LogP contribution in [-0.2, 0) is 9.59 Å². The van der Waals surface area contributed by atoms with Gasteiger partial charge in [0.05, 0.1) is 6.04 Å². The van der Waals surface area contributed by atoms with Crippen LogP contribution in [-0.4, -0.2) is 34.8 Å². The molecule has 2 fully saturated rings. The van der Waals surface area contributed by atoms with Crippen molar-refractivity contribution in [3.05, 3.63) is 48.0 Å². The van der Waals surface area contributed by atoms with E-state index in [1.807, 2.05) is 49.4 Å². The number of nitrogens with zero attached hydrogens (tertiary/aromatic N) is 1. The minimum atomic E-state index is -0.814. The molecule has 0 unspecified atom stereocenters. The van der Waals surface area contributed by atoms with E-state index < -0.39 is 11.6 Å². The second-order valence-corrected chi connectivity index (χ2v) is 8.44. The first-order chi connectivity index (χ1) is 13.9. The normalized spacial score (nSPS) is 25.3. The van der Waals surface area contributed by atoms with Gasteiger partial charge in [-0.1, -0.05) is 49.4 Å². The van der Waals surface area contributed by atoms with E-state index in [0.29, 0.717) is 18.8 Å². The Hall–Kier alpha value is -2.89. The summed E-state index contributed by atoms with van der Waals surface area (Å²) >= 11 is 0. The average molecular weight is 393 g/mol. The third kappa shape index (κ3) is 3.59. The van der Waals surface area contributed by atoms with Crippen LogP contribution in [0.3, 0.4) is 0 Å². The predicted octanol–water partition coefficient (Wildman–Crippen LogP) is 3.52. The predicted molar refractivity (Wildman–Crippen MR) is 111 cm³/mol. The molecule has 1 heterocycles. The molecule has 1 saturated heterocycles. The Morgan fingerprint density at radius 1 is 1.17 bits per heavy atom. The molecule has 0 radical (unpaired) electrons. The van der Waals surface area contributed by atoms with Gasteiger partial charge >= 0.3 is 6.03 Å². The van der Waals surface area contributed by atoms with Gasteiger partial charge in [-0.3, -0.25) is 14.5 Å². The van der Waals surface area contributed by atoms with E-state index in [1.165, 1.54) is 0 Å². The highest BCUT2D eigenvalue weighted by molar-refractivity contribution is 6.09. The molecule has 0 bridgehead atoms. The van der Waals surface area contributed by atoms with E-state index in [9.17, 15) is 14.4 Å². The van der Waals surface area contributed by atoms with Crippen molar-refractivity contribution in [1.82, 2.24) is 15.5 Å². The molecule has 6 heteroatoms. The molecule has 2 N–H and O–H groups in total. The summed E-state index contributed by atoms with van der Waals surface area (Å²) in [6, 6.07) is 13.3. The molecule has 1 aliphatic heterocycles. The number of urea groups is 1. The van der Waals surface area contributed by atoms with Gasteiger partial charge in [0.1, 0.15) is 12.1 Å². The molecule has 0 aromatic heterocycles. The summed E-state index contributed by atoms with van der Waals surface area (Å²) in [6.07, 6.45) is 3.10. The molecule has 4 amide bonds. The van der Waals surface area contributed by atoms with Crippen molar-refractivity contribution in [3.63, 3.8) is 0 Å².